The second-order valence-corrected chi connectivity index (χ2v) is 16.7. The van der Waals surface area contributed by atoms with Gasteiger partial charge >= 0.3 is 5.87 Å². The summed E-state index contributed by atoms with van der Waals surface area (Å²) in [7, 11) is 0. The molecule has 0 spiro atoms. The third-order valence-corrected chi connectivity index (χ3v) is 11.7. The Bertz CT molecular complexity index is 1400. The van der Waals surface area contributed by atoms with Crippen LogP contribution in [-0.2, 0) is 12.8 Å². The zero-order valence-electron chi connectivity index (χ0n) is 37.3. The van der Waals surface area contributed by atoms with E-state index in [0.717, 1.165) is 63.4 Å². The topological polar surface area (TPSA) is 36.4 Å². The molecule has 0 unspecified atom stereocenters. The van der Waals surface area contributed by atoms with Crippen LogP contribution >= 0.6 is 0 Å². The first-order chi connectivity index (χ1) is 27.7. The van der Waals surface area contributed by atoms with Crippen LogP contribution in [0, 0.1) is 0 Å². The van der Waals surface area contributed by atoms with Crippen molar-refractivity contribution in [3.8, 4) is 0 Å². The van der Waals surface area contributed by atoms with Crippen LogP contribution in [0.1, 0.15) is 243 Å². The smallest absolute Gasteiger partial charge is 0.303 e. The van der Waals surface area contributed by atoms with E-state index in [9.17, 15) is 5.53 Å². The molecule has 0 aliphatic rings. The molecule has 0 aliphatic carbocycles. The van der Waals surface area contributed by atoms with E-state index in [-0.39, 0.29) is 0 Å². The minimum atomic E-state index is 0.886. The van der Waals surface area contributed by atoms with E-state index in [1.165, 1.54) is 181 Å². The lowest BCUT2D eigenvalue weighted by molar-refractivity contribution is 0.00739. The molecule has 2 heteroatoms. The average Bonchev–Trinajstić information content (AvgIpc) is 3.22. The third kappa shape index (κ3) is 22.7. The summed E-state index contributed by atoms with van der Waals surface area (Å²) in [6.45, 7) is 9.11. The molecule has 0 N–H and O–H groups in total. The van der Waals surface area contributed by atoms with Gasteiger partial charge in [-0.15, -0.1) is 4.79 Å². The van der Waals surface area contributed by atoms with Crippen molar-refractivity contribution in [2.24, 2.45) is 0 Å². The summed E-state index contributed by atoms with van der Waals surface area (Å²) in [6, 6.07) is 18.5. The van der Waals surface area contributed by atoms with Crippen LogP contribution in [-0.4, -0.2) is 10.7 Å². The minimum Gasteiger partial charge on any atom is -0.348 e. The molecule has 0 bridgehead atoms. The fourth-order valence-electron chi connectivity index (χ4n) is 8.21. The average molecular weight is 763 g/mol. The number of allylic oxidation sites excluding steroid dienone is 4. The molecule has 2 aromatic carbocycles. The van der Waals surface area contributed by atoms with Crippen molar-refractivity contribution in [2.45, 2.75) is 233 Å². The van der Waals surface area contributed by atoms with Crippen LogP contribution in [0.25, 0.3) is 11.1 Å². The van der Waals surface area contributed by atoms with Crippen molar-refractivity contribution < 1.29 is 4.79 Å². The van der Waals surface area contributed by atoms with Gasteiger partial charge in [0.05, 0.1) is 5.57 Å². The van der Waals surface area contributed by atoms with Crippen LogP contribution in [0.4, 0.5) is 0 Å². The van der Waals surface area contributed by atoms with Gasteiger partial charge in [-0.3, -0.25) is 0 Å². The van der Waals surface area contributed by atoms with Gasteiger partial charge in [0.25, 0.3) is 0 Å². The number of aryl methyl sites for hydroxylation is 2. The molecular formula is C54H86N2. The number of nitrogens with zero attached hydrogens (tertiary/aromatic N) is 2. The molecule has 0 heterocycles. The Labute approximate surface area is 347 Å². The predicted octanol–water partition coefficient (Wildman–Crippen LogP) is 17.7. The highest BCUT2D eigenvalue weighted by molar-refractivity contribution is 5.88. The van der Waals surface area contributed by atoms with Crippen LogP contribution in [0.3, 0.4) is 0 Å². The number of rotatable bonds is 36. The van der Waals surface area contributed by atoms with Crippen molar-refractivity contribution in [3.05, 3.63) is 99.6 Å². The largest absolute Gasteiger partial charge is 0.348 e. The maximum absolute atomic E-state index is 9.87. The normalized spacial score (nSPS) is 11.9. The van der Waals surface area contributed by atoms with Crippen LogP contribution < -0.4 is 0 Å². The van der Waals surface area contributed by atoms with Crippen molar-refractivity contribution >= 4 is 11.4 Å². The first-order valence-electron chi connectivity index (χ1n) is 24.2. The standard InChI is InChI=1S/C54H86N2/c1-5-9-13-15-17-18-19-20-21-22-23-24-25-26-27-28-29-30-31-33-41-49-42-35-36-45-52(49)54(50-43-37-39-48(46-50)38-11-7-3)53(44-34-32-16-14-10-6-2)51(47-56-55)40-12-8-4/h29-30,35-37,39,42-43,45-46H,5-28,31-34,38,40-41,44H2,1-4H3. The van der Waals surface area contributed by atoms with Gasteiger partial charge in [0.1, 0.15) is 0 Å². The van der Waals surface area contributed by atoms with Gasteiger partial charge in [-0.2, -0.15) is 0 Å². The maximum Gasteiger partial charge on any atom is 0.303 e. The highest BCUT2D eigenvalue weighted by atomic mass is 14.8. The summed E-state index contributed by atoms with van der Waals surface area (Å²) < 4.78 is 0. The summed E-state index contributed by atoms with van der Waals surface area (Å²) >= 11 is 0. The second kappa shape index (κ2) is 35.3. The lowest BCUT2D eigenvalue weighted by Gasteiger charge is -2.20. The van der Waals surface area contributed by atoms with E-state index in [1.807, 2.05) is 0 Å². The Morgan fingerprint density at radius 3 is 1.64 bits per heavy atom. The third-order valence-electron chi connectivity index (χ3n) is 11.7. The number of hydrogen-bond acceptors (Lipinski definition) is 0. The van der Waals surface area contributed by atoms with Crippen LogP contribution in [0.5, 0.6) is 0 Å². The van der Waals surface area contributed by atoms with E-state index in [4.69, 9.17) is 0 Å². The van der Waals surface area contributed by atoms with Gasteiger partial charge in [-0.1, -0.05) is 223 Å². The summed E-state index contributed by atoms with van der Waals surface area (Å²) in [4.78, 5) is 3.53. The summed E-state index contributed by atoms with van der Waals surface area (Å²) in [5.41, 5.74) is 19.1. The molecule has 0 fully saturated rings. The van der Waals surface area contributed by atoms with E-state index in [2.05, 4.69) is 99.0 Å². The quantitative estimate of drug-likeness (QED) is 0.0166. The van der Waals surface area contributed by atoms with Crippen molar-refractivity contribution in [3.63, 3.8) is 0 Å². The summed E-state index contributed by atoms with van der Waals surface area (Å²) in [5.74, 6) is 3.10. The van der Waals surface area contributed by atoms with Crippen molar-refractivity contribution in [1.29, 1.82) is 0 Å². The van der Waals surface area contributed by atoms with Crippen molar-refractivity contribution in [2.75, 3.05) is 0 Å². The van der Waals surface area contributed by atoms with Gasteiger partial charge in [0.15, 0.2) is 0 Å². The molecule has 56 heavy (non-hydrogen) atoms. The molecule has 0 amide bonds. The molecule has 2 aromatic rings. The minimum absolute atomic E-state index is 0.886. The fourth-order valence-corrected chi connectivity index (χ4v) is 8.21. The highest BCUT2D eigenvalue weighted by Gasteiger charge is 2.20. The van der Waals surface area contributed by atoms with Crippen LogP contribution in [0.15, 0.2) is 71.8 Å². The molecule has 0 saturated carbocycles. The van der Waals surface area contributed by atoms with Gasteiger partial charge in [-0.25, -0.2) is 0 Å². The van der Waals surface area contributed by atoms with Gasteiger partial charge in [-0.05, 0) is 104 Å². The molecule has 0 aliphatic heterocycles. The van der Waals surface area contributed by atoms with E-state index in [0.29, 0.717) is 0 Å². The Balaban J connectivity index is 2.06. The lowest BCUT2D eigenvalue weighted by atomic mass is 9.82. The van der Waals surface area contributed by atoms with E-state index >= 15 is 0 Å². The molecule has 0 aromatic heterocycles. The van der Waals surface area contributed by atoms with E-state index < -0.39 is 0 Å². The molecule has 0 radical (unpaired) electrons. The first-order valence-corrected chi connectivity index (χ1v) is 24.2. The zero-order valence-corrected chi connectivity index (χ0v) is 37.3. The number of benzene rings is 2. The van der Waals surface area contributed by atoms with Gasteiger partial charge in [0, 0.05) is 0 Å². The number of hydrogen-bond donors (Lipinski definition) is 0. The Morgan fingerprint density at radius 2 is 1.05 bits per heavy atom. The first kappa shape index (κ1) is 49.2. The Hall–Kier alpha value is -2.92. The fraction of sp³-hybridized carbons (Fsp3) is 0.667. The highest BCUT2D eigenvalue weighted by Crippen LogP contribution is 2.37. The Morgan fingerprint density at radius 1 is 0.518 bits per heavy atom. The predicted molar refractivity (Wildman–Crippen MR) is 249 cm³/mol. The molecule has 312 valence electrons. The number of unbranched alkanes of at least 4 members (excludes halogenated alkanes) is 23. The molecular weight excluding hydrogens is 677 g/mol. The Kier molecular flexibility index (Phi) is 31.0. The monoisotopic (exact) mass is 763 g/mol. The summed E-state index contributed by atoms with van der Waals surface area (Å²) in [6.07, 6.45) is 45.9. The second-order valence-electron chi connectivity index (χ2n) is 16.7. The van der Waals surface area contributed by atoms with E-state index in [1.54, 1.807) is 0 Å². The molecule has 2 rings (SSSR count). The zero-order chi connectivity index (χ0) is 40.2. The van der Waals surface area contributed by atoms with Crippen molar-refractivity contribution in [1.82, 2.24) is 0 Å². The van der Waals surface area contributed by atoms with Gasteiger partial charge < -0.3 is 5.53 Å². The lowest BCUT2D eigenvalue weighted by Crippen LogP contribution is -2.04. The van der Waals surface area contributed by atoms with Crippen LogP contribution in [0.2, 0.25) is 0 Å². The molecule has 2 nitrogen and oxygen atoms in total. The summed E-state index contributed by atoms with van der Waals surface area (Å²) in [5, 5.41) is 0. The molecule has 0 saturated heterocycles. The van der Waals surface area contributed by atoms with Gasteiger partial charge in [0.2, 0.25) is 0 Å². The molecule has 0 atom stereocenters. The SMILES string of the molecule is CCCCCCCCCCCCCCCCCC=CCCCc1ccccc1C(=C(CCCCCCCC)C(=C=[N+]=[N-])CCCC)c1cccc(CCCC)c1. The maximum atomic E-state index is 9.87.